The van der Waals surface area contributed by atoms with Crippen LogP contribution in [0.5, 0.6) is 0 Å². The lowest BCUT2D eigenvalue weighted by atomic mass is 10.2. The number of aryl methyl sites for hydroxylation is 2. The molecule has 0 N–H and O–H groups in total. The van der Waals surface area contributed by atoms with Crippen molar-refractivity contribution < 1.29 is 9.53 Å². The number of rotatable bonds is 6. The summed E-state index contributed by atoms with van der Waals surface area (Å²) in [6, 6.07) is 9.42. The van der Waals surface area contributed by atoms with Gasteiger partial charge >= 0.3 is 5.97 Å². The van der Waals surface area contributed by atoms with Crippen molar-refractivity contribution in [2.24, 2.45) is 0 Å². The normalized spacial score (nSPS) is 11.3. The number of hydrogen-bond acceptors (Lipinski definition) is 8. The molecule has 9 heteroatoms. The second-order valence-corrected chi connectivity index (χ2v) is 8.17. The lowest BCUT2D eigenvalue weighted by Crippen LogP contribution is -2.14. The lowest BCUT2D eigenvalue weighted by molar-refractivity contribution is -0.145. The molecular weight excluding hydrogens is 384 g/mol. The predicted octanol–water partition coefficient (Wildman–Crippen LogP) is 3.14. The number of para-hydroxylation sites is 1. The summed E-state index contributed by atoms with van der Waals surface area (Å²) in [5.74, 6) is -0.285. The minimum Gasteiger partial charge on any atom is -0.458 e. The van der Waals surface area contributed by atoms with E-state index in [2.05, 4.69) is 15.1 Å². The molecule has 3 heterocycles. The van der Waals surface area contributed by atoms with Gasteiger partial charge in [-0.2, -0.15) is 9.61 Å². The summed E-state index contributed by atoms with van der Waals surface area (Å²) in [7, 11) is 0. The van der Waals surface area contributed by atoms with Crippen molar-refractivity contribution in [2.45, 2.75) is 32.8 Å². The molecule has 0 aliphatic rings. The third-order valence-electron chi connectivity index (χ3n) is 3.88. The number of fused-ring (bicyclic) bond motifs is 2. The van der Waals surface area contributed by atoms with E-state index in [4.69, 9.17) is 4.74 Å². The SMILES string of the molecule is Cc1cc(=O)n2nc(COC(=O)CCCc3nc4ccccc4s3)sc2n1. The van der Waals surface area contributed by atoms with Crippen LogP contribution in [0.15, 0.2) is 35.1 Å². The van der Waals surface area contributed by atoms with E-state index in [-0.39, 0.29) is 18.1 Å². The molecule has 27 heavy (non-hydrogen) atoms. The van der Waals surface area contributed by atoms with Gasteiger partial charge in [0.1, 0.15) is 6.61 Å². The van der Waals surface area contributed by atoms with E-state index in [0.717, 1.165) is 21.6 Å². The minimum absolute atomic E-state index is 0.0481. The topological polar surface area (TPSA) is 86.5 Å². The van der Waals surface area contributed by atoms with Crippen molar-refractivity contribution in [3.8, 4) is 0 Å². The number of benzene rings is 1. The average Bonchev–Trinajstić information content (AvgIpc) is 3.23. The zero-order valence-corrected chi connectivity index (χ0v) is 16.2. The van der Waals surface area contributed by atoms with Crippen molar-refractivity contribution in [1.82, 2.24) is 19.6 Å². The van der Waals surface area contributed by atoms with Gasteiger partial charge in [0.25, 0.3) is 5.56 Å². The van der Waals surface area contributed by atoms with Crippen molar-refractivity contribution >= 4 is 43.8 Å². The smallest absolute Gasteiger partial charge is 0.306 e. The maximum atomic E-state index is 12.0. The highest BCUT2D eigenvalue weighted by Gasteiger charge is 2.11. The Labute approximate surface area is 162 Å². The van der Waals surface area contributed by atoms with Crippen molar-refractivity contribution in [3.63, 3.8) is 0 Å². The molecule has 0 saturated carbocycles. The van der Waals surface area contributed by atoms with Gasteiger partial charge in [-0.3, -0.25) is 9.59 Å². The molecule has 0 bridgehead atoms. The third kappa shape index (κ3) is 4.04. The van der Waals surface area contributed by atoms with Crippen LogP contribution < -0.4 is 5.56 Å². The molecule has 4 rings (SSSR count). The van der Waals surface area contributed by atoms with Gasteiger partial charge in [-0.25, -0.2) is 9.97 Å². The van der Waals surface area contributed by atoms with Gasteiger partial charge in [-0.1, -0.05) is 23.5 Å². The summed E-state index contributed by atoms with van der Waals surface area (Å²) in [6.07, 6.45) is 1.74. The molecule has 0 aliphatic carbocycles. The van der Waals surface area contributed by atoms with Crippen LogP contribution in [0.2, 0.25) is 0 Å². The van der Waals surface area contributed by atoms with E-state index in [1.807, 2.05) is 24.3 Å². The Morgan fingerprint density at radius 3 is 2.89 bits per heavy atom. The summed E-state index contributed by atoms with van der Waals surface area (Å²) >= 11 is 2.90. The number of ether oxygens (including phenoxy) is 1. The Kier molecular flexibility index (Phi) is 4.95. The number of hydrogen-bond donors (Lipinski definition) is 0. The number of carbonyl (C=O) groups excluding carboxylic acids is 1. The van der Waals surface area contributed by atoms with Crippen molar-refractivity contribution in [3.05, 3.63) is 56.4 Å². The molecule has 7 nitrogen and oxygen atoms in total. The monoisotopic (exact) mass is 400 g/mol. The largest absolute Gasteiger partial charge is 0.458 e. The molecule has 0 spiro atoms. The van der Waals surface area contributed by atoms with Crippen LogP contribution in [-0.4, -0.2) is 25.6 Å². The zero-order chi connectivity index (χ0) is 18.8. The van der Waals surface area contributed by atoms with E-state index >= 15 is 0 Å². The standard InChI is InChI=1S/C18H16N4O3S2/c1-11-9-16(23)22-18(19-11)27-15(21-22)10-25-17(24)8-4-7-14-20-12-5-2-3-6-13(12)26-14/h2-3,5-6,9H,4,7-8,10H2,1H3. The molecule has 0 amide bonds. The molecule has 0 unspecified atom stereocenters. The van der Waals surface area contributed by atoms with Crippen LogP contribution in [-0.2, 0) is 22.6 Å². The van der Waals surface area contributed by atoms with Crippen LogP contribution in [0.25, 0.3) is 15.2 Å². The summed E-state index contributed by atoms with van der Waals surface area (Å²) in [5.41, 5.74) is 1.40. The molecule has 0 fully saturated rings. The fourth-order valence-electron chi connectivity index (χ4n) is 2.64. The summed E-state index contributed by atoms with van der Waals surface area (Å²) in [4.78, 5) is 33.1. The van der Waals surface area contributed by atoms with Crippen molar-refractivity contribution in [2.75, 3.05) is 0 Å². The van der Waals surface area contributed by atoms with Crippen LogP contribution in [0, 0.1) is 6.92 Å². The minimum atomic E-state index is -0.285. The molecule has 0 atom stereocenters. The Morgan fingerprint density at radius 2 is 2.04 bits per heavy atom. The van der Waals surface area contributed by atoms with Gasteiger partial charge in [0.05, 0.1) is 15.2 Å². The predicted molar refractivity (Wildman–Crippen MR) is 104 cm³/mol. The number of aromatic nitrogens is 4. The van der Waals surface area contributed by atoms with Gasteiger partial charge in [-0.15, -0.1) is 11.3 Å². The van der Waals surface area contributed by atoms with Gasteiger partial charge < -0.3 is 4.74 Å². The molecule has 0 radical (unpaired) electrons. The average molecular weight is 400 g/mol. The zero-order valence-electron chi connectivity index (χ0n) is 14.5. The Bertz CT molecular complexity index is 1150. The number of esters is 1. The van der Waals surface area contributed by atoms with Gasteiger partial charge in [-0.05, 0) is 31.9 Å². The second kappa shape index (κ2) is 7.53. The highest BCUT2D eigenvalue weighted by Crippen LogP contribution is 2.22. The van der Waals surface area contributed by atoms with Gasteiger partial charge in [0.2, 0.25) is 4.96 Å². The molecule has 1 aromatic carbocycles. The fourth-order valence-corrected chi connectivity index (χ4v) is 4.51. The van der Waals surface area contributed by atoms with Gasteiger partial charge in [0.15, 0.2) is 5.01 Å². The first kappa shape index (κ1) is 17.7. The summed E-state index contributed by atoms with van der Waals surface area (Å²) in [5, 5.41) is 5.72. The lowest BCUT2D eigenvalue weighted by Gasteiger charge is -2.01. The van der Waals surface area contributed by atoms with Crippen LogP contribution >= 0.6 is 22.7 Å². The first-order valence-electron chi connectivity index (χ1n) is 8.45. The van der Waals surface area contributed by atoms with Crippen LogP contribution in [0.4, 0.5) is 0 Å². The molecule has 0 aliphatic heterocycles. The third-order valence-corrected chi connectivity index (χ3v) is 5.86. The van der Waals surface area contributed by atoms with Crippen LogP contribution in [0.1, 0.15) is 28.6 Å². The van der Waals surface area contributed by atoms with Crippen LogP contribution in [0.3, 0.4) is 0 Å². The summed E-state index contributed by atoms with van der Waals surface area (Å²) < 4.78 is 7.66. The molecule has 3 aromatic heterocycles. The van der Waals surface area contributed by atoms with E-state index in [0.29, 0.717) is 28.5 Å². The summed E-state index contributed by atoms with van der Waals surface area (Å²) in [6.45, 7) is 1.80. The van der Waals surface area contributed by atoms with Crippen molar-refractivity contribution in [1.29, 1.82) is 0 Å². The number of nitrogens with zero attached hydrogens (tertiary/aromatic N) is 4. The number of thiazole rings is 1. The Balaban J connectivity index is 1.29. The fraction of sp³-hybridized carbons (Fsp3) is 0.278. The first-order chi connectivity index (χ1) is 13.1. The molecule has 4 aromatic rings. The van der Waals surface area contributed by atoms with E-state index in [1.165, 1.54) is 21.9 Å². The highest BCUT2D eigenvalue weighted by atomic mass is 32.1. The quantitative estimate of drug-likeness (QED) is 0.462. The second-order valence-electron chi connectivity index (χ2n) is 6.02. The van der Waals surface area contributed by atoms with E-state index in [1.54, 1.807) is 18.3 Å². The van der Waals surface area contributed by atoms with E-state index < -0.39 is 0 Å². The molecule has 138 valence electrons. The maximum Gasteiger partial charge on any atom is 0.306 e. The highest BCUT2D eigenvalue weighted by molar-refractivity contribution is 7.18. The maximum absolute atomic E-state index is 12.0. The number of carbonyl (C=O) groups is 1. The molecular formula is C18H16N4O3S2. The Morgan fingerprint density at radius 1 is 1.19 bits per heavy atom. The molecule has 0 saturated heterocycles. The first-order valence-corrected chi connectivity index (χ1v) is 10.1. The Hall–Kier alpha value is -2.65. The van der Waals surface area contributed by atoms with Gasteiger partial charge in [0, 0.05) is 18.2 Å². The van der Waals surface area contributed by atoms with E-state index in [9.17, 15) is 9.59 Å².